The summed E-state index contributed by atoms with van der Waals surface area (Å²) in [5.74, 6) is -0.104. The molecular formula is C26H32N2O6. The summed E-state index contributed by atoms with van der Waals surface area (Å²) in [6.07, 6.45) is 0.657. The Hall–Kier alpha value is -3.52. The molecule has 1 atom stereocenters. The van der Waals surface area contributed by atoms with Crippen LogP contribution in [0, 0.1) is 6.92 Å². The van der Waals surface area contributed by atoms with Gasteiger partial charge in [-0.15, -0.1) is 0 Å². The monoisotopic (exact) mass is 468 g/mol. The number of ether oxygens (including phenoxy) is 3. The summed E-state index contributed by atoms with van der Waals surface area (Å²) >= 11 is 0. The smallest absolute Gasteiger partial charge is 0.295 e. The molecule has 1 N–H and O–H groups in total. The number of Topliss-reactive ketones (excluding diaryl/α,β-unsaturated/α-hetero) is 1. The molecule has 8 nitrogen and oxygen atoms in total. The molecule has 1 heterocycles. The Morgan fingerprint density at radius 2 is 1.79 bits per heavy atom. The number of likely N-dealkylation sites (tertiary alicyclic amines) is 1. The standard InChI is InChI=1S/C26H32N2O6/c1-16-15-17(32-4)11-12-18(16)23(29)21-22(19-9-7-10-20(33-5)25(19)34-6)28(26(31)24(21)30)14-8-13-27(2)3/h7,9-12,15,22,29H,8,13-14H2,1-6H3/t22-/m0/s1. The van der Waals surface area contributed by atoms with Gasteiger partial charge in [0.1, 0.15) is 11.5 Å². The molecule has 0 aliphatic carbocycles. The van der Waals surface area contributed by atoms with Gasteiger partial charge in [0, 0.05) is 17.7 Å². The van der Waals surface area contributed by atoms with Crippen molar-refractivity contribution in [1.29, 1.82) is 0 Å². The minimum Gasteiger partial charge on any atom is -0.507 e. The Morgan fingerprint density at radius 1 is 1.06 bits per heavy atom. The highest BCUT2D eigenvalue weighted by Gasteiger charge is 2.47. The number of aryl methyl sites for hydroxylation is 1. The van der Waals surface area contributed by atoms with Crippen LogP contribution in [0.1, 0.15) is 29.2 Å². The lowest BCUT2D eigenvalue weighted by atomic mass is 9.93. The zero-order valence-electron chi connectivity index (χ0n) is 20.5. The molecule has 2 aromatic rings. The van der Waals surface area contributed by atoms with Crippen molar-refractivity contribution in [2.45, 2.75) is 19.4 Å². The number of ketones is 1. The van der Waals surface area contributed by atoms with Crippen LogP contribution in [0.2, 0.25) is 0 Å². The first-order chi connectivity index (χ1) is 16.2. The second kappa shape index (κ2) is 10.6. The Morgan fingerprint density at radius 3 is 2.38 bits per heavy atom. The fourth-order valence-corrected chi connectivity index (χ4v) is 4.29. The lowest BCUT2D eigenvalue weighted by molar-refractivity contribution is -0.140. The van der Waals surface area contributed by atoms with Crippen LogP contribution in [0.15, 0.2) is 42.0 Å². The van der Waals surface area contributed by atoms with Crippen molar-refractivity contribution >= 4 is 17.4 Å². The van der Waals surface area contributed by atoms with Crippen LogP contribution in [0.5, 0.6) is 17.2 Å². The Labute approximate surface area is 200 Å². The van der Waals surface area contributed by atoms with E-state index in [0.29, 0.717) is 46.9 Å². The SMILES string of the molecule is COc1ccc(C(O)=C2C(=O)C(=O)N(CCCN(C)C)[C@H]2c2cccc(OC)c2OC)c(C)c1. The molecule has 182 valence electrons. The van der Waals surface area contributed by atoms with Gasteiger partial charge in [-0.25, -0.2) is 0 Å². The largest absolute Gasteiger partial charge is 0.507 e. The Bertz CT molecular complexity index is 1110. The number of aliphatic hydroxyl groups excluding tert-OH is 1. The molecule has 1 aliphatic heterocycles. The normalized spacial score (nSPS) is 17.4. The van der Waals surface area contributed by atoms with Gasteiger partial charge in [-0.05, 0) is 63.8 Å². The van der Waals surface area contributed by atoms with Gasteiger partial charge >= 0.3 is 0 Å². The number of amides is 1. The third-order valence-corrected chi connectivity index (χ3v) is 5.96. The van der Waals surface area contributed by atoms with Crippen LogP contribution in [-0.4, -0.2) is 75.1 Å². The van der Waals surface area contributed by atoms with Gasteiger partial charge in [0.05, 0.1) is 32.9 Å². The third-order valence-electron chi connectivity index (χ3n) is 5.96. The first kappa shape index (κ1) is 25.1. The van der Waals surface area contributed by atoms with Gasteiger partial charge in [-0.1, -0.05) is 12.1 Å². The van der Waals surface area contributed by atoms with Crippen LogP contribution < -0.4 is 14.2 Å². The van der Waals surface area contributed by atoms with E-state index in [9.17, 15) is 14.7 Å². The highest BCUT2D eigenvalue weighted by Crippen LogP contribution is 2.45. The fraction of sp³-hybridized carbons (Fsp3) is 0.385. The number of aliphatic hydroxyl groups is 1. The topological polar surface area (TPSA) is 88.5 Å². The van der Waals surface area contributed by atoms with Crippen LogP contribution in [0.4, 0.5) is 0 Å². The number of hydrogen-bond acceptors (Lipinski definition) is 7. The second-order valence-corrected chi connectivity index (χ2v) is 8.41. The van der Waals surface area contributed by atoms with E-state index in [2.05, 4.69) is 0 Å². The minimum atomic E-state index is -0.825. The number of benzene rings is 2. The van der Waals surface area contributed by atoms with E-state index < -0.39 is 17.7 Å². The number of hydrogen-bond donors (Lipinski definition) is 1. The van der Waals surface area contributed by atoms with Gasteiger partial charge in [0.2, 0.25) is 0 Å². The molecule has 2 aromatic carbocycles. The first-order valence-electron chi connectivity index (χ1n) is 11.0. The summed E-state index contributed by atoms with van der Waals surface area (Å²) in [6.45, 7) is 2.89. The Kier molecular flexibility index (Phi) is 7.83. The average molecular weight is 469 g/mol. The van der Waals surface area contributed by atoms with Crippen molar-refractivity contribution < 1.29 is 28.9 Å². The molecule has 0 radical (unpaired) electrons. The molecule has 1 aliphatic rings. The van der Waals surface area contributed by atoms with Crippen LogP contribution >= 0.6 is 0 Å². The molecule has 0 spiro atoms. The maximum Gasteiger partial charge on any atom is 0.295 e. The van der Waals surface area contributed by atoms with Crippen LogP contribution in [0.25, 0.3) is 5.76 Å². The summed E-state index contributed by atoms with van der Waals surface area (Å²) in [4.78, 5) is 30.0. The maximum absolute atomic E-state index is 13.3. The number of carbonyl (C=O) groups excluding carboxylic acids is 2. The van der Waals surface area contributed by atoms with Crippen LogP contribution in [0.3, 0.4) is 0 Å². The van der Waals surface area contributed by atoms with Crippen molar-refractivity contribution in [1.82, 2.24) is 9.80 Å². The van der Waals surface area contributed by atoms with E-state index in [-0.39, 0.29) is 11.3 Å². The van der Waals surface area contributed by atoms with Crippen molar-refractivity contribution in [3.63, 3.8) is 0 Å². The summed E-state index contributed by atoms with van der Waals surface area (Å²) < 4.78 is 16.3. The zero-order chi connectivity index (χ0) is 25.0. The number of rotatable bonds is 9. The van der Waals surface area contributed by atoms with Gasteiger partial charge in [-0.3, -0.25) is 9.59 Å². The van der Waals surface area contributed by atoms with Crippen molar-refractivity contribution in [3.8, 4) is 17.2 Å². The maximum atomic E-state index is 13.3. The van der Waals surface area contributed by atoms with Gasteiger partial charge < -0.3 is 29.1 Å². The van der Waals surface area contributed by atoms with E-state index in [1.165, 1.54) is 19.1 Å². The van der Waals surface area contributed by atoms with E-state index in [0.717, 1.165) is 6.54 Å². The minimum absolute atomic E-state index is 0.0228. The molecule has 3 rings (SSSR count). The molecule has 0 aromatic heterocycles. The third kappa shape index (κ3) is 4.72. The molecule has 1 fully saturated rings. The van der Waals surface area contributed by atoms with E-state index in [4.69, 9.17) is 14.2 Å². The lowest BCUT2D eigenvalue weighted by Gasteiger charge is -2.27. The predicted octanol–water partition coefficient (Wildman–Crippen LogP) is 3.39. The van der Waals surface area contributed by atoms with Crippen molar-refractivity contribution in [2.24, 2.45) is 0 Å². The molecule has 34 heavy (non-hydrogen) atoms. The molecule has 0 saturated carbocycles. The zero-order valence-corrected chi connectivity index (χ0v) is 20.5. The quantitative estimate of drug-likeness (QED) is 0.343. The molecule has 8 heteroatoms. The molecule has 0 unspecified atom stereocenters. The average Bonchev–Trinajstić information content (AvgIpc) is 3.07. The van der Waals surface area contributed by atoms with E-state index in [1.807, 2.05) is 25.9 Å². The van der Waals surface area contributed by atoms with Gasteiger partial charge in [0.25, 0.3) is 11.7 Å². The lowest BCUT2D eigenvalue weighted by Crippen LogP contribution is -2.32. The predicted molar refractivity (Wildman–Crippen MR) is 129 cm³/mol. The summed E-state index contributed by atoms with van der Waals surface area (Å²) in [5.41, 5.74) is 1.76. The molecular weight excluding hydrogens is 436 g/mol. The van der Waals surface area contributed by atoms with E-state index in [1.54, 1.807) is 43.5 Å². The van der Waals surface area contributed by atoms with Crippen molar-refractivity contribution in [3.05, 3.63) is 58.7 Å². The highest BCUT2D eigenvalue weighted by atomic mass is 16.5. The summed E-state index contributed by atoms with van der Waals surface area (Å²) in [5, 5.41) is 11.4. The van der Waals surface area contributed by atoms with Crippen molar-refractivity contribution in [2.75, 3.05) is 48.5 Å². The molecule has 1 amide bonds. The Balaban J connectivity index is 2.22. The number of nitrogens with zero attached hydrogens (tertiary/aromatic N) is 2. The van der Waals surface area contributed by atoms with Gasteiger partial charge in [0.15, 0.2) is 11.5 Å². The van der Waals surface area contributed by atoms with E-state index >= 15 is 0 Å². The second-order valence-electron chi connectivity index (χ2n) is 8.41. The highest BCUT2D eigenvalue weighted by molar-refractivity contribution is 6.46. The summed E-state index contributed by atoms with van der Waals surface area (Å²) in [6, 6.07) is 9.63. The number of para-hydroxylation sites is 1. The van der Waals surface area contributed by atoms with Crippen LogP contribution in [-0.2, 0) is 9.59 Å². The molecule has 1 saturated heterocycles. The fourth-order valence-electron chi connectivity index (χ4n) is 4.29. The number of carbonyl (C=O) groups is 2. The molecule has 0 bridgehead atoms. The first-order valence-corrected chi connectivity index (χ1v) is 11.0. The number of methoxy groups -OCH3 is 3. The summed E-state index contributed by atoms with van der Waals surface area (Å²) in [7, 11) is 8.48. The van der Waals surface area contributed by atoms with Gasteiger partial charge in [-0.2, -0.15) is 0 Å².